The molecule has 0 bridgehead atoms. The summed E-state index contributed by atoms with van der Waals surface area (Å²) in [4.78, 5) is 19.0. The highest BCUT2D eigenvalue weighted by molar-refractivity contribution is 5.97. The summed E-state index contributed by atoms with van der Waals surface area (Å²) in [5.41, 5.74) is 1.42. The fourth-order valence-electron chi connectivity index (χ4n) is 3.56. The Morgan fingerprint density at radius 1 is 1.13 bits per heavy atom. The van der Waals surface area contributed by atoms with E-state index in [2.05, 4.69) is 10.1 Å². The van der Waals surface area contributed by atoms with Gasteiger partial charge in [0.25, 0.3) is 5.89 Å². The van der Waals surface area contributed by atoms with Crippen molar-refractivity contribution in [2.24, 2.45) is 0 Å². The highest BCUT2D eigenvalue weighted by atomic mass is 16.5. The van der Waals surface area contributed by atoms with Gasteiger partial charge in [-0.25, -0.2) is 0 Å². The van der Waals surface area contributed by atoms with Crippen molar-refractivity contribution >= 4 is 11.6 Å². The normalized spacial score (nSPS) is 16.0. The summed E-state index contributed by atoms with van der Waals surface area (Å²) in [6.45, 7) is 2.89. The van der Waals surface area contributed by atoms with Gasteiger partial charge in [0.2, 0.25) is 5.91 Å². The van der Waals surface area contributed by atoms with E-state index in [0.717, 1.165) is 5.56 Å². The van der Waals surface area contributed by atoms with Crippen molar-refractivity contribution in [3.05, 3.63) is 48.3 Å². The summed E-state index contributed by atoms with van der Waals surface area (Å²) in [5.74, 6) is 2.59. The standard InChI is InChI=1S/C22H23N3O5/c1-4-29-18-8-6-5-7-16(18)22-23-21(24-30-22)14-11-20(26)25(13-14)17-10-9-15(27-2)12-19(17)28-3/h5-10,12,14H,4,11,13H2,1-3H3. The van der Waals surface area contributed by atoms with Crippen LogP contribution in [0.3, 0.4) is 0 Å². The molecule has 0 aliphatic carbocycles. The second-order valence-corrected chi connectivity index (χ2v) is 6.83. The molecule has 1 aromatic heterocycles. The Kier molecular flexibility index (Phi) is 5.56. The Bertz CT molecular complexity index is 1050. The summed E-state index contributed by atoms with van der Waals surface area (Å²) in [6, 6.07) is 12.9. The molecular weight excluding hydrogens is 386 g/mol. The van der Waals surface area contributed by atoms with Crippen molar-refractivity contribution in [1.82, 2.24) is 10.1 Å². The van der Waals surface area contributed by atoms with Gasteiger partial charge in [0, 0.05) is 24.9 Å². The van der Waals surface area contributed by atoms with E-state index >= 15 is 0 Å². The van der Waals surface area contributed by atoms with Gasteiger partial charge in [-0.3, -0.25) is 4.79 Å². The number of rotatable bonds is 7. The third kappa shape index (κ3) is 3.68. The Morgan fingerprint density at radius 3 is 2.73 bits per heavy atom. The van der Waals surface area contributed by atoms with Gasteiger partial charge < -0.3 is 23.6 Å². The zero-order chi connectivity index (χ0) is 21.1. The minimum absolute atomic E-state index is 0.0236. The molecule has 2 aromatic carbocycles. The minimum atomic E-state index is -0.180. The van der Waals surface area contributed by atoms with E-state index in [1.165, 1.54) is 0 Å². The molecule has 1 saturated heterocycles. The predicted octanol–water partition coefficient (Wildman–Crippen LogP) is 3.67. The summed E-state index contributed by atoms with van der Waals surface area (Å²) >= 11 is 0. The Morgan fingerprint density at radius 2 is 1.97 bits per heavy atom. The first-order valence-electron chi connectivity index (χ1n) is 9.72. The summed E-state index contributed by atoms with van der Waals surface area (Å²) < 4.78 is 21.8. The van der Waals surface area contributed by atoms with E-state index in [0.29, 0.717) is 54.2 Å². The molecule has 1 unspecified atom stereocenters. The molecule has 0 saturated carbocycles. The molecular formula is C22H23N3O5. The molecule has 1 fully saturated rings. The fraction of sp³-hybridized carbons (Fsp3) is 0.318. The Labute approximate surface area is 174 Å². The van der Waals surface area contributed by atoms with Crippen LogP contribution in [0.15, 0.2) is 47.0 Å². The van der Waals surface area contributed by atoms with Crippen LogP contribution in [0.4, 0.5) is 5.69 Å². The molecule has 1 aliphatic heterocycles. The predicted molar refractivity (Wildman–Crippen MR) is 110 cm³/mol. The molecule has 1 amide bonds. The van der Waals surface area contributed by atoms with Crippen molar-refractivity contribution < 1.29 is 23.5 Å². The first-order chi connectivity index (χ1) is 14.6. The van der Waals surface area contributed by atoms with Crippen LogP contribution in [-0.4, -0.2) is 43.4 Å². The van der Waals surface area contributed by atoms with Gasteiger partial charge in [0.15, 0.2) is 5.82 Å². The van der Waals surface area contributed by atoms with Crippen LogP contribution in [0.2, 0.25) is 0 Å². The van der Waals surface area contributed by atoms with Gasteiger partial charge >= 0.3 is 0 Å². The lowest BCUT2D eigenvalue weighted by atomic mass is 10.1. The molecule has 0 radical (unpaired) electrons. The molecule has 30 heavy (non-hydrogen) atoms. The monoisotopic (exact) mass is 409 g/mol. The maximum Gasteiger partial charge on any atom is 0.261 e. The SMILES string of the molecule is CCOc1ccccc1-c1nc(C2CC(=O)N(c3ccc(OC)cc3OC)C2)no1. The lowest BCUT2D eigenvalue weighted by Gasteiger charge is -2.19. The van der Waals surface area contributed by atoms with Crippen LogP contribution < -0.4 is 19.1 Å². The van der Waals surface area contributed by atoms with E-state index < -0.39 is 0 Å². The third-order valence-corrected chi connectivity index (χ3v) is 5.03. The quantitative estimate of drug-likeness (QED) is 0.588. The smallest absolute Gasteiger partial charge is 0.261 e. The van der Waals surface area contributed by atoms with Crippen LogP contribution in [0.1, 0.15) is 25.1 Å². The highest BCUT2D eigenvalue weighted by Crippen LogP contribution is 2.38. The second-order valence-electron chi connectivity index (χ2n) is 6.83. The molecule has 156 valence electrons. The van der Waals surface area contributed by atoms with E-state index in [1.54, 1.807) is 31.3 Å². The number of para-hydroxylation sites is 1. The largest absolute Gasteiger partial charge is 0.497 e. The van der Waals surface area contributed by atoms with Crippen molar-refractivity contribution in [2.45, 2.75) is 19.3 Å². The molecule has 4 rings (SSSR count). The van der Waals surface area contributed by atoms with Crippen molar-refractivity contribution in [3.63, 3.8) is 0 Å². The number of amides is 1. The number of aromatic nitrogens is 2. The Hall–Kier alpha value is -3.55. The number of methoxy groups -OCH3 is 2. The number of hydrogen-bond donors (Lipinski definition) is 0. The van der Waals surface area contributed by atoms with Crippen molar-refractivity contribution in [1.29, 1.82) is 0 Å². The van der Waals surface area contributed by atoms with E-state index in [-0.39, 0.29) is 11.8 Å². The molecule has 0 N–H and O–H groups in total. The van der Waals surface area contributed by atoms with Crippen LogP contribution in [0, 0.1) is 0 Å². The number of anilines is 1. The molecule has 8 nitrogen and oxygen atoms in total. The minimum Gasteiger partial charge on any atom is -0.497 e. The van der Waals surface area contributed by atoms with Crippen LogP contribution in [-0.2, 0) is 4.79 Å². The van der Waals surface area contributed by atoms with Gasteiger partial charge in [-0.1, -0.05) is 17.3 Å². The number of nitrogens with zero attached hydrogens (tertiary/aromatic N) is 3. The van der Waals surface area contributed by atoms with Crippen molar-refractivity contribution in [3.8, 4) is 28.7 Å². The van der Waals surface area contributed by atoms with Gasteiger partial charge in [0.05, 0.1) is 32.1 Å². The molecule has 1 aliphatic rings. The zero-order valence-corrected chi connectivity index (χ0v) is 17.1. The van der Waals surface area contributed by atoms with Crippen LogP contribution in [0.5, 0.6) is 17.2 Å². The number of ether oxygens (including phenoxy) is 3. The topological polar surface area (TPSA) is 86.9 Å². The van der Waals surface area contributed by atoms with E-state index in [9.17, 15) is 4.79 Å². The first kappa shape index (κ1) is 19.8. The molecule has 3 aromatic rings. The number of carbonyl (C=O) groups is 1. The van der Waals surface area contributed by atoms with Gasteiger partial charge in [-0.2, -0.15) is 4.98 Å². The first-order valence-corrected chi connectivity index (χ1v) is 9.72. The molecule has 0 spiro atoms. The van der Waals surface area contributed by atoms with Gasteiger partial charge in [-0.05, 0) is 31.2 Å². The number of benzene rings is 2. The van der Waals surface area contributed by atoms with Gasteiger partial charge in [0.1, 0.15) is 17.2 Å². The van der Waals surface area contributed by atoms with Crippen molar-refractivity contribution in [2.75, 3.05) is 32.3 Å². The maximum atomic E-state index is 12.7. The number of hydrogen-bond acceptors (Lipinski definition) is 7. The maximum absolute atomic E-state index is 12.7. The van der Waals surface area contributed by atoms with Gasteiger partial charge in [-0.15, -0.1) is 0 Å². The molecule has 2 heterocycles. The lowest BCUT2D eigenvalue weighted by molar-refractivity contribution is -0.117. The Balaban J connectivity index is 1.58. The van der Waals surface area contributed by atoms with Crippen LogP contribution >= 0.6 is 0 Å². The van der Waals surface area contributed by atoms with Crippen LogP contribution in [0.25, 0.3) is 11.5 Å². The lowest BCUT2D eigenvalue weighted by Crippen LogP contribution is -2.24. The summed E-state index contributed by atoms with van der Waals surface area (Å²) in [6.07, 6.45) is 0.293. The van der Waals surface area contributed by atoms with E-state index in [4.69, 9.17) is 18.7 Å². The second kappa shape index (κ2) is 8.44. The highest BCUT2D eigenvalue weighted by Gasteiger charge is 2.36. The fourth-order valence-corrected chi connectivity index (χ4v) is 3.56. The summed E-state index contributed by atoms with van der Waals surface area (Å²) in [7, 11) is 3.15. The molecule has 1 atom stereocenters. The number of carbonyl (C=O) groups excluding carboxylic acids is 1. The average molecular weight is 409 g/mol. The average Bonchev–Trinajstić information content (AvgIpc) is 3.41. The zero-order valence-electron chi connectivity index (χ0n) is 17.1. The third-order valence-electron chi connectivity index (χ3n) is 5.03. The molecule has 8 heteroatoms. The summed E-state index contributed by atoms with van der Waals surface area (Å²) in [5, 5.41) is 4.14. The van der Waals surface area contributed by atoms with E-state index in [1.807, 2.05) is 37.3 Å².